The van der Waals surface area contributed by atoms with E-state index < -0.39 is 0 Å². The van der Waals surface area contributed by atoms with Crippen LogP contribution in [0.15, 0.2) is 30.5 Å². The average Bonchev–Trinajstić information content (AvgIpc) is 2.78. The zero-order chi connectivity index (χ0) is 13.0. The normalized spacial score (nSPS) is 11.1. The fourth-order valence-electron chi connectivity index (χ4n) is 1.59. The molecule has 0 fully saturated rings. The van der Waals surface area contributed by atoms with E-state index in [9.17, 15) is 0 Å². The Morgan fingerprint density at radius 3 is 2.67 bits per heavy atom. The molecule has 1 aromatic heterocycles. The third kappa shape index (κ3) is 3.55. The third-order valence-electron chi connectivity index (χ3n) is 2.49. The first-order valence-electron chi connectivity index (χ1n) is 6.03. The van der Waals surface area contributed by atoms with E-state index in [1.165, 1.54) is 0 Å². The lowest BCUT2D eigenvalue weighted by atomic mass is 10.2. The van der Waals surface area contributed by atoms with Crippen LogP contribution in [0.5, 0.6) is 0 Å². The van der Waals surface area contributed by atoms with Crippen LogP contribution in [0, 0.1) is 5.92 Å². The SMILES string of the molecule is CC(C)CNCc1cn(-c2ccc(Cl)cc2)nn1. The molecule has 5 heteroatoms. The molecule has 1 heterocycles. The predicted octanol–water partition coefficient (Wildman–Crippen LogP) is 2.67. The molecule has 2 rings (SSSR count). The highest BCUT2D eigenvalue weighted by Crippen LogP contribution is 2.12. The van der Waals surface area contributed by atoms with Gasteiger partial charge in [0.2, 0.25) is 0 Å². The van der Waals surface area contributed by atoms with Crippen molar-refractivity contribution >= 4 is 11.6 Å². The third-order valence-corrected chi connectivity index (χ3v) is 2.74. The Hall–Kier alpha value is -1.39. The van der Waals surface area contributed by atoms with Gasteiger partial charge in [0.05, 0.1) is 17.6 Å². The summed E-state index contributed by atoms with van der Waals surface area (Å²) in [7, 11) is 0. The van der Waals surface area contributed by atoms with E-state index in [0.717, 1.165) is 29.5 Å². The van der Waals surface area contributed by atoms with E-state index in [1.807, 2.05) is 30.5 Å². The number of hydrogen-bond donors (Lipinski definition) is 1. The molecule has 0 aliphatic heterocycles. The van der Waals surface area contributed by atoms with E-state index in [-0.39, 0.29) is 0 Å². The van der Waals surface area contributed by atoms with Gasteiger partial charge in [-0.25, -0.2) is 4.68 Å². The van der Waals surface area contributed by atoms with Crippen molar-refractivity contribution in [2.24, 2.45) is 5.92 Å². The summed E-state index contributed by atoms with van der Waals surface area (Å²) in [6, 6.07) is 7.52. The number of hydrogen-bond acceptors (Lipinski definition) is 3. The Bertz CT molecular complexity index is 490. The molecule has 0 unspecified atom stereocenters. The largest absolute Gasteiger partial charge is 0.311 e. The van der Waals surface area contributed by atoms with E-state index in [1.54, 1.807) is 4.68 Å². The Kier molecular flexibility index (Phi) is 4.33. The van der Waals surface area contributed by atoms with Gasteiger partial charge in [-0.3, -0.25) is 0 Å². The van der Waals surface area contributed by atoms with Crippen molar-refractivity contribution in [3.63, 3.8) is 0 Å². The van der Waals surface area contributed by atoms with Gasteiger partial charge in [-0.2, -0.15) is 0 Å². The molecule has 0 aliphatic carbocycles. The zero-order valence-corrected chi connectivity index (χ0v) is 11.4. The molecule has 0 saturated carbocycles. The molecule has 0 aliphatic rings. The molecule has 0 amide bonds. The zero-order valence-electron chi connectivity index (χ0n) is 10.6. The van der Waals surface area contributed by atoms with Gasteiger partial charge in [0.15, 0.2) is 0 Å². The van der Waals surface area contributed by atoms with Crippen LogP contribution in [-0.2, 0) is 6.54 Å². The molecule has 1 aromatic carbocycles. The molecule has 0 bridgehead atoms. The summed E-state index contributed by atoms with van der Waals surface area (Å²) in [6.07, 6.45) is 1.93. The van der Waals surface area contributed by atoms with Crippen molar-refractivity contribution in [1.82, 2.24) is 20.3 Å². The minimum atomic E-state index is 0.635. The Balaban J connectivity index is 1.99. The van der Waals surface area contributed by atoms with E-state index >= 15 is 0 Å². The maximum Gasteiger partial charge on any atom is 0.0969 e. The highest BCUT2D eigenvalue weighted by atomic mass is 35.5. The lowest BCUT2D eigenvalue weighted by molar-refractivity contribution is 0.548. The molecule has 18 heavy (non-hydrogen) atoms. The van der Waals surface area contributed by atoms with Crippen LogP contribution < -0.4 is 5.32 Å². The first kappa shape index (κ1) is 13.1. The molecule has 0 saturated heterocycles. The minimum Gasteiger partial charge on any atom is -0.311 e. The van der Waals surface area contributed by atoms with Crippen LogP contribution in [0.25, 0.3) is 5.69 Å². The van der Waals surface area contributed by atoms with Crippen LogP contribution >= 0.6 is 11.6 Å². The summed E-state index contributed by atoms with van der Waals surface area (Å²) in [6.45, 7) is 6.08. The monoisotopic (exact) mass is 264 g/mol. The maximum absolute atomic E-state index is 5.85. The molecule has 2 aromatic rings. The Labute approximate surface area is 112 Å². The van der Waals surface area contributed by atoms with Crippen molar-refractivity contribution in [1.29, 1.82) is 0 Å². The fraction of sp³-hybridized carbons (Fsp3) is 0.385. The highest BCUT2D eigenvalue weighted by molar-refractivity contribution is 6.30. The number of aromatic nitrogens is 3. The molecule has 96 valence electrons. The van der Waals surface area contributed by atoms with Gasteiger partial charge in [-0.15, -0.1) is 5.10 Å². The second kappa shape index (κ2) is 5.98. The van der Waals surface area contributed by atoms with Crippen LogP contribution in [0.3, 0.4) is 0 Å². The average molecular weight is 265 g/mol. The van der Waals surface area contributed by atoms with Crippen molar-refractivity contribution in [3.8, 4) is 5.69 Å². The van der Waals surface area contributed by atoms with Crippen molar-refractivity contribution in [2.75, 3.05) is 6.54 Å². The van der Waals surface area contributed by atoms with Crippen LogP contribution in [0.2, 0.25) is 5.02 Å². The summed E-state index contributed by atoms with van der Waals surface area (Å²) in [5, 5.41) is 12.3. The molecule has 0 radical (unpaired) electrons. The first-order valence-corrected chi connectivity index (χ1v) is 6.41. The molecule has 4 nitrogen and oxygen atoms in total. The molecule has 0 spiro atoms. The summed E-state index contributed by atoms with van der Waals surface area (Å²) in [4.78, 5) is 0. The predicted molar refractivity (Wildman–Crippen MR) is 72.9 cm³/mol. The first-order chi connectivity index (χ1) is 8.65. The smallest absolute Gasteiger partial charge is 0.0969 e. The summed E-state index contributed by atoms with van der Waals surface area (Å²) in [5.41, 5.74) is 1.90. The molecule has 1 N–H and O–H groups in total. The topological polar surface area (TPSA) is 42.7 Å². The molecular formula is C13H17ClN4. The van der Waals surface area contributed by atoms with Crippen molar-refractivity contribution in [3.05, 3.63) is 41.2 Å². The number of benzene rings is 1. The van der Waals surface area contributed by atoms with Gasteiger partial charge in [0, 0.05) is 11.6 Å². The van der Waals surface area contributed by atoms with Gasteiger partial charge >= 0.3 is 0 Å². The quantitative estimate of drug-likeness (QED) is 0.903. The highest BCUT2D eigenvalue weighted by Gasteiger charge is 2.03. The number of halogens is 1. The summed E-state index contributed by atoms with van der Waals surface area (Å²) in [5.74, 6) is 0.635. The number of nitrogens with one attached hydrogen (secondary N) is 1. The fourth-order valence-corrected chi connectivity index (χ4v) is 1.71. The summed E-state index contributed by atoms with van der Waals surface area (Å²) < 4.78 is 1.75. The second-order valence-electron chi connectivity index (χ2n) is 4.66. The van der Waals surface area contributed by atoms with Crippen LogP contribution in [0.1, 0.15) is 19.5 Å². The lowest BCUT2D eigenvalue weighted by Crippen LogP contribution is -2.19. The van der Waals surface area contributed by atoms with Crippen LogP contribution in [-0.4, -0.2) is 21.5 Å². The van der Waals surface area contributed by atoms with Gasteiger partial charge in [0.1, 0.15) is 0 Å². The van der Waals surface area contributed by atoms with Crippen molar-refractivity contribution in [2.45, 2.75) is 20.4 Å². The van der Waals surface area contributed by atoms with Crippen molar-refractivity contribution < 1.29 is 0 Å². The Morgan fingerprint density at radius 2 is 2.00 bits per heavy atom. The van der Waals surface area contributed by atoms with Gasteiger partial charge < -0.3 is 5.32 Å². The molecular weight excluding hydrogens is 248 g/mol. The van der Waals surface area contributed by atoms with Gasteiger partial charge in [-0.1, -0.05) is 30.7 Å². The van der Waals surface area contributed by atoms with Gasteiger partial charge in [0.25, 0.3) is 0 Å². The number of rotatable bonds is 5. The van der Waals surface area contributed by atoms with E-state index in [0.29, 0.717) is 5.92 Å². The maximum atomic E-state index is 5.85. The number of nitrogens with zero attached hydrogens (tertiary/aromatic N) is 3. The van der Waals surface area contributed by atoms with Gasteiger partial charge in [-0.05, 0) is 36.7 Å². The Morgan fingerprint density at radius 1 is 1.28 bits per heavy atom. The minimum absolute atomic E-state index is 0.635. The lowest BCUT2D eigenvalue weighted by Gasteiger charge is -2.04. The molecule has 0 atom stereocenters. The standard InChI is InChI=1S/C13H17ClN4/c1-10(2)7-15-8-12-9-18(17-16-12)13-5-3-11(14)4-6-13/h3-6,9-10,15H,7-8H2,1-2H3. The second-order valence-corrected chi connectivity index (χ2v) is 5.09. The van der Waals surface area contributed by atoms with E-state index in [2.05, 4.69) is 29.5 Å². The van der Waals surface area contributed by atoms with E-state index in [4.69, 9.17) is 11.6 Å². The van der Waals surface area contributed by atoms with Crippen LogP contribution in [0.4, 0.5) is 0 Å². The summed E-state index contributed by atoms with van der Waals surface area (Å²) >= 11 is 5.85.